The molecule has 1 N–H and O–H groups in total. The number of aromatic hydroxyl groups is 1. The highest BCUT2D eigenvalue weighted by molar-refractivity contribution is 5.67. The third-order valence-electron chi connectivity index (χ3n) is 4.86. The zero-order valence-corrected chi connectivity index (χ0v) is 15.9. The number of benzene rings is 3. The average Bonchev–Trinajstić information content (AvgIpc) is 2.74. The van der Waals surface area contributed by atoms with Crippen molar-refractivity contribution in [1.29, 1.82) is 0 Å². The summed E-state index contributed by atoms with van der Waals surface area (Å²) >= 11 is 0. The molecule has 0 amide bonds. The van der Waals surface area contributed by atoms with Crippen LogP contribution in [0.4, 0.5) is 0 Å². The number of rotatable bonds is 4. The van der Waals surface area contributed by atoms with Crippen LogP contribution >= 0.6 is 0 Å². The molecule has 5 nitrogen and oxygen atoms in total. The van der Waals surface area contributed by atoms with Crippen LogP contribution in [0.25, 0.3) is 16.8 Å². The van der Waals surface area contributed by atoms with Gasteiger partial charge in [0.05, 0.1) is 12.2 Å². The lowest BCUT2D eigenvalue weighted by atomic mass is 10.1. The normalized spacial score (nSPS) is 10.8. The Labute approximate surface area is 167 Å². The molecule has 144 valence electrons. The van der Waals surface area contributed by atoms with Gasteiger partial charge in [0, 0.05) is 0 Å². The first kappa shape index (κ1) is 18.5. The fraction of sp³-hybridized carbons (Fsp3) is 0.0833. The average molecular weight is 384 g/mol. The van der Waals surface area contributed by atoms with Gasteiger partial charge in [0.15, 0.2) is 0 Å². The van der Waals surface area contributed by atoms with Crippen molar-refractivity contribution in [2.75, 3.05) is 0 Å². The fourth-order valence-corrected chi connectivity index (χ4v) is 3.32. The molecule has 0 bridgehead atoms. The Kier molecular flexibility index (Phi) is 4.87. The van der Waals surface area contributed by atoms with Crippen molar-refractivity contribution in [3.05, 3.63) is 117 Å². The van der Waals surface area contributed by atoms with E-state index >= 15 is 0 Å². The number of aryl methyl sites for hydroxylation is 1. The van der Waals surface area contributed by atoms with Crippen LogP contribution in [-0.2, 0) is 6.54 Å². The lowest BCUT2D eigenvalue weighted by molar-refractivity contribution is 0.408. The third-order valence-corrected chi connectivity index (χ3v) is 4.86. The third kappa shape index (κ3) is 3.50. The van der Waals surface area contributed by atoms with Gasteiger partial charge >= 0.3 is 5.69 Å². The van der Waals surface area contributed by atoms with Gasteiger partial charge in [0.2, 0.25) is 5.88 Å². The summed E-state index contributed by atoms with van der Waals surface area (Å²) in [5.74, 6) is -0.334. The Balaban J connectivity index is 2.01. The summed E-state index contributed by atoms with van der Waals surface area (Å²) in [5, 5.41) is 10.9. The number of aromatic nitrogens is 2. The number of hydrogen-bond donors (Lipinski definition) is 1. The molecule has 0 aliphatic rings. The minimum Gasteiger partial charge on any atom is -0.494 e. The number of hydrogen-bond acceptors (Lipinski definition) is 3. The molecule has 5 heteroatoms. The van der Waals surface area contributed by atoms with Gasteiger partial charge in [-0.15, -0.1) is 0 Å². The van der Waals surface area contributed by atoms with E-state index < -0.39 is 11.2 Å². The van der Waals surface area contributed by atoms with E-state index in [0.29, 0.717) is 11.3 Å². The molecule has 0 fully saturated rings. The molecule has 3 aromatic carbocycles. The highest BCUT2D eigenvalue weighted by Gasteiger charge is 2.21. The van der Waals surface area contributed by atoms with Crippen LogP contribution in [0.15, 0.2) is 94.5 Å². The first-order chi connectivity index (χ1) is 14.1. The highest BCUT2D eigenvalue weighted by atomic mass is 16.3. The predicted molar refractivity (Wildman–Crippen MR) is 114 cm³/mol. The largest absolute Gasteiger partial charge is 0.494 e. The van der Waals surface area contributed by atoms with Crippen LogP contribution in [0.3, 0.4) is 0 Å². The molecule has 1 aromatic heterocycles. The maximum atomic E-state index is 13.3. The lowest BCUT2D eigenvalue weighted by Gasteiger charge is -2.16. The summed E-state index contributed by atoms with van der Waals surface area (Å²) in [6.07, 6.45) is 0. The van der Waals surface area contributed by atoms with Gasteiger partial charge in [0.25, 0.3) is 5.56 Å². The minimum absolute atomic E-state index is 0.0983. The van der Waals surface area contributed by atoms with Crippen LogP contribution in [-0.4, -0.2) is 14.2 Å². The van der Waals surface area contributed by atoms with Gasteiger partial charge in [-0.05, 0) is 30.2 Å². The first-order valence-electron chi connectivity index (χ1n) is 9.31. The Morgan fingerprint density at radius 2 is 1.38 bits per heavy atom. The van der Waals surface area contributed by atoms with Crippen molar-refractivity contribution in [1.82, 2.24) is 9.13 Å². The predicted octanol–water partition coefficient (Wildman–Crippen LogP) is 3.73. The van der Waals surface area contributed by atoms with Crippen molar-refractivity contribution in [2.45, 2.75) is 13.5 Å². The quantitative estimate of drug-likeness (QED) is 0.583. The Morgan fingerprint density at radius 1 is 0.793 bits per heavy atom. The topological polar surface area (TPSA) is 64.2 Å². The molecule has 0 spiro atoms. The minimum atomic E-state index is -0.584. The molecule has 0 radical (unpaired) electrons. The Bertz CT molecular complexity index is 1260. The standard InChI is InChI=1S/C24H20N2O3/c1-17-12-14-18(15-13-17)16-25-22(27)21(19-8-4-2-5-9-19)23(28)26(24(25)29)20-10-6-3-7-11-20/h2-15,27H,16H2,1H3. The van der Waals surface area contributed by atoms with Crippen molar-refractivity contribution in [3.8, 4) is 22.7 Å². The summed E-state index contributed by atoms with van der Waals surface area (Å²) in [7, 11) is 0. The van der Waals surface area contributed by atoms with E-state index in [-0.39, 0.29) is 18.0 Å². The van der Waals surface area contributed by atoms with E-state index in [9.17, 15) is 14.7 Å². The van der Waals surface area contributed by atoms with Crippen molar-refractivity contribution < 1.29 is 5.11 Å². The van der Waals surface area contributed by atoms with Gasteiger partial charge < -0.3 is 5.11 Å². The fourth-order valence-electron chi connectivity index (χ4n) is 3.32. The maximum Gasteiger partial charge on any atom is 0.338 e. The molecule has 4 aromatic rings. The second-order valence-corrected chi connectivity index (χ2v) is 6.90. The molecular formula is C24H20N2O3. The Hall–Kier alpha value is -3.86. The van der Waals surface area contributed by atoms with Crippen molar-refractivity contribution >= 4 is 0 Å². The monoisotopic (exact) mass is 384 g/mol. The van der Waals surface area contributed by atoms with Crippen LogP contribution in [0.1, 0.15) is 11.1 Å². The van der Waals surface area contributed by atoms with Crippen LogP contribution in [0.2, 0.25) is 0 Å². The zero-order valence-electron chi connectivity index (χ0n) is 15.9. The molecule has 0 atom stereocenters. The van der Waals surface area contributed by atoms with Crippen LogP contribution in [0.5, 0.6) is 5.88 Å². The number of nitrogens with zero attached hydrogens (tertiary/aromatic N) is 2. The molecule has 1 heterocycles. The Morgan fingerprint density at radius 3 is 2.00 bits per heavy atom. The summed E-state index contributed by atoms with van der Waals surface area (Å²) in [4.78, 5) is 26.5. The molecule has 0 saturated heterocycles. The van der Waals surface area contributed by atoms with E-state index in [4.69, 9.17) is 0 Å². The van der Waals surface area contributed by atoms with Crippen LogP contribution < -0.4 is 11.2 Å². The van der Waals surface area contributed by atoms with Gasteiger partial charge in [-0.3, -0.25) is 9.36 Å². The lowest BCUT2D eigenvalue weighted by Crippen LogP contribution is -2.39. The van der Waals surface area contributed by atoms with E-state index in [2.05, 4.69) is 0 Å². The molecule has 0 aliphatic carbocycles. The highest BCUT2D eigenvalue weighted by Crippen LogP contribution is 2.25. The van der Waals surface area contributed by atoms with E-state index in [1.165, 1.54) is 4.57 Å². The first-order valence-corrected chi connectivity index (χ1v) is 9.31. The van der Waals surface area contributed by atoms with Gasteiger partial charge in [0.1, 0.15) is 5.56 Å². The van der Waals surface area contributed by atoms with Crippen molar-refractivity contribution in [2.24, 2.45) is 0 Å². The molecule has 4 rings (SSSR count). The van der Waals surface area contributed by atoms with E-state index in [1.807, 2.05) is 43.3 Å². The van der Waals surface area contributed by atoms with Gasteiger partial charge in [-0.2, -0.15) is 0 Å². The summed E-state index contributed by atoms with van der Waals surface area (Å²) < 4.78 is 2.34. The molecule has 29 heavy (non-hydrogen) atoms. The van der Waals surface area contributed by atoms with E-state index in [1.54, 1.807) is 48.5 Å². The van der Waals surface area contributed by atoms with Gasteiger partial charge in [-0.25, -0.2) is 9.36 Å². The smallest absolute Gasteiger partial charge is 0.338 e. The summed E-state index contributed by atoms with van der Waals surface area (Å²) in [6.45, 7) is 2.13. The summed E-state index contributed by atoms with van der Waals surface area (Å²) in [5.41, 5.74) is 1.93. The van der Waals surface area contributed by atoms with Crippen molar-refractivity contribution in [3.63, 3.8) is 0 Å². The second-order valence-electron chi connectivity index (χ2n) is 6.90. The molecule has 0 unspecified atom stereocenters. The molecule has 0 saturated carbocycles. The molecule has 0 aliphatic heterocycles. The summed E-state index contributed by atoms with van der Waals surface area (Å²) in [6, 6.07) is 25.3. The van der Waals surface area contributed by atoms with E-state index in [0.717, 1.165) is 15.7 Å². The maximum absolute atomic E-state index is 13.3. The van der Waals surface area contributed by atoms with Crippen LogP contribution in [0, 0.1) is 6.92 Å². The van der Waals surface area contributed by atoms with Gasteiger partial charge in [-0.1, -0.05) is 78.4 Å². The second kappa shape index (κ2) is 7.64. The SMILES string of the molecule is Cc1ccc(Cn2c(O)c(-c3ccccc3)c(=O)n(-c3ccccc3)c2=O)cc1. The number of para-hydroxylation sites is 1. The molecular weight excluding hydrogens is 364 g/mol. The zero-order chi connectivity index (χ0) is 20.4.